The third-order valence-corrected chi connectivity index (χ3v) is 4.53. The van der Waals surface area contributed by atoms with E-state index < -0.39 is 0 Å². The fraction of sp³-hybridized carbons (Fsp3) is 1.00. The van der Waals surface area contributed by atoms with E-state index in [1.54, 1.807) is 0 Å². The van der Waals surface area contributed by atoms with E-state index in [1.807, 2.05) is 0 Å². The fourth-order valence-electron chi connectivity index (χ4n) is 3.99. The topological polar surface area (TPSA) is 21.3 Å². The number of ether oxygens (including phenoxy) is 1. The molecule has 1 saturated carbocycles. The minimum Gasteiger partial charge on any atom is -0.377 e. The molecule has 0 aromatic heterocycles. The molecule has 1 aliphatic rings. The van der Waals surface area contributed by atoms with Crippen LogP contribution in [0.4, 0.5) is 0 Å². The lowest BCUT2D eigenvalue weighted by Gasteiger charge is -2.41. The second-order valence-electron chi connectivity index (χ2n) is 6.92. The van der Waals surface area contributed by atoms with Crippen molar-refractivity contribution < 1.29 is 4.74 Å². The van der Waals surface area contributed by atoms with Gasteiger partial charge >= 0.3 is 0 Å². The molecule has 0 bridgehead atoms. The predicted molar refractivity (Wildman–Crippen MR) is 83.4 cm³/mol. The Morgan fingerprint density at radius 3 is 2.05 bits per heavy atom. The molecule has 0 spiro atoms. The molecule has 0 aromatic carbocycles. The summed E-state index contributed by atoms with van der Waals surface area (Å²) in [6.07, 6.45) is 4.47. The third kappa shape index (κ3) is 5.07. The lowest BCUT2D eigenvalue weighted by atomic mass is 9.71. The SMILES string of the molecule is CCNC(C1CC(C)CC(C)C1)C(OCC)C(C)C. The van der Waals surface area contributed by atoms with E-state index in [0.717, 1.165) is 30.9 Å². The maximum atomic E-state index is 6.08. The Balaban J connectivity index is 2.78. The summed E-state index contributed by atoms with van der Waals surface area (Å²) in [5.41, 5.74) is 0. The zero-order valence-electron chi connectivity index (χ0n) is 13.9. The van der Waals surface area contributed by atoms with Gasteiger partial charge in [0, 0.05) is 12.6 Å². The van der Waals surface area contributed by atoms with Crippen molar-refractivity contribution in [1.82, 2.24) is 5.32 Å². The molecule has 0 aliphatic heterocycles. The Morgan fingerprint density at radius 1 is 1.05 bits per heavy atom. The molecule has 0 saturated heterocycles. The van der Waals surface area contributed by atoms with E-state index in [9.17, 15) is 0 Å². The summed E-state index contributed by atoms with van der Waals surface area (Å²) >= 11 is 0. The van der Waals surface area contributed by atoms with Gasteiger partial charge in [0.25, 0.3) is 0 Å². The molecule has 1 N–H and O–H groups in total. The van der Waals surface area contributed by atoms with Crippen LogP contribution in [0.5, 0.6) is 0 Å². The summed E-state index contributed by atoms with van der Waals surface area (Å²) in [6.45, 7) is 15.6. The van der Waals surface area contributed by atoms with Gasteiger partial charge in [-0.05, 0) is 56.4 Å². The van der Waals surface area contributed by atoms with E-state index in [-0.39, 0.29) is 0 Å². The van der Waals surface area contributed by atoms with Gasteiger partial charge in [-0.1, -0.05) is 34.6 Å². The first kappa shape index (κ1) is 17.0. The van der Waals surface area contributed by atoms with E-state index in [0.29, 0.717) is 18.1 Å². The third-order valence-electron chi connectivity index (χ3n) is 4.53. The van der Waals surface area contributed by atoms with Gasteiger partial charge < -0.3 is 10.1 Å². The van der Waals surface area contributed by atoms with Crippen molar-refractivity contribution in [3.8, 4) is 0 Å². The summed E-state index contributed by atoms with van der Waals surface area (Å²) < 4.78 is 6.08. The number of nitrogens with one attached hydrogen (secondary N) is 1. The molecule has 0 radical (unpaired) electrons. The van der Waals surface area contributed by atoms with Crippen molar-refractivity contribution in [2.45, 2.75) is 73.0 Å². The van der Waals surface area contributed by atoms with Gasteiger partial charge in [0.05, 0.1) is 6.10 Å². The van der Waals surface area contributed by atoms with Crippen molar-refractivity contribution in [2.75, 3.05) is 13.2 Å². The normalized spacial score (nSPS) is 31.4. The van der Waals surface area contributed by atoms with Crippen LogP contribution in [-0.2, 0) is 4.74 Å². The van der Waals surface area contributed by atoms with Crippen molar-refractivity contribution in [2.24, 2.45) is 23.7 Å². The van der Waals surface area contributed by atoms with Crippen LogP contribution in [0.2, 0.25) is 0 Å². The Kier molecular flexibility index (Phi) is 7.38. The molecule has 2 nitrogen and oxygen atoms in total. The van der Waals surface area contributed by atoms with E-state index in [4.69, 9.17) is 4.74 Å². The average molecular weight is 269 g/mol. The first-order valence-electron chi connectivity index (χ1n) is 8.34. The minimum absolute atomic E-state index is 0.354. The molecule has 1 rings (SSSR count). The molecule has 1 aliphatic carbocycles. The highest BCUT2D eigenvalue weighted by molar-refractivity contribution is 4.89. The first-order valence-corrected chi connectivity index (χ1v) is 8.34. The molecule has 2 heteroatoms. The quantitative estimate of drug-likeness (QED) is 0.751. The van der Waals surface area contributed by atoms with Gasteiger partial charge in [-0.2, -0.15) is 0 Å². The van der Waals surface area contributed by atoms with Gasteiger partial charge in [-0.15, -0.1) is 0 Å². The number of hydrogen-bond acceptors (Lipinski definition) is 2. The molecular weight excluding hydrogens is 234 g/mol. The molecule has 19 heavy (non-hydrogen) atoms. The number of rotatable bonds is 7. The number of hydrogen-bond donors (Lipinski definition) is 1. The van der Waals surface area contributed by atoms with Gasteiger partial charge in [0.15, 0.2) is 0 Å². The maximum absolute atomic E-state index is 6.08. The van der Waals surface area contributed by atoms with Crippen molar-refractivity contribution in [1.29, 1.82) is 0 Å². The maximum Gasteiger partial charge on any atom is 0.0753 e. The smallest absolute Gasteiger partial charge is 0.0753 e. The lowest BCUT2D eigenvalue weighted by molar-refractivity contribution is -0.0224. The monoisotopic (exact) mass is 269 g/mol. The molecule has 0 amide bonds. The van der Waals surface area contributed by atoms with Crippen LogP contribution in [0, 0.1) is 23.7 Å². The predicted octanol–water partition coefficient (Wildman–Crippen LogP) is 4.10. The molecule has 114 valence electrons. The summed E-state index contributed by atoms with van der Waals surface area (Å²) in [5, 5.41) is 3.73. The van der Waals surface area contributed by atoms with Crippen molar-refractivity contribution >= 4 is 0 Å². The summed E-state index contributed by atoms with van der Waals surface area (Å²) in [4.78, 5) is 0. The standard InChI is InChI=1S/C17H35NO/c1-7-18-16(17(12(3)4)19-8-2)15-10-13(5)9-14(6)11-15/h12-18H,7-11H2,1-6H3. The van der Waals surface area contributed by atoms with Gasteiger partial charge in [0.2, 0.25) is 0 Å². The molecule has 1 fully saturated rings. The highest BCUT2D eigenvalue weighted by Crippen LogP contribution is 2.36. The van der Waals surface area contributed by atoms with E-state index in [2.05, 4.69) is 46.9 Å². The molecule has 0 aromatic rings. The second kappa shape index (κ2) is 8.26. The Bertz CT molecular complexity index is 231. The highest BCUT2D eigenvalue weighted by Gasteiger charge is 2.35. The largest absolute Gasteiger partial charge is 0.377 e. The van der Waals surface area contributed by atoms with Crippen molar-refractivity contribution in [3.63, 3.8) is 0 Å². The molecular formula is C17H35NO. The highest BCUT2D eigenvalue weighted by atomic mass is 16.5. The molecule has 4 unspecified atom stereocenters. The number of likely N-dealkylation sites (N-methyl/N-ethyl adjacent to an activating group) is 1. The summed E-state index contributed by atoms with van der Waals surface area (Å²) in [6, 6.07) is 0.523. The summed E-state index contributed by atoms with van der Waals surface area (Å²) in [5.74, 6) is 3.09. The van der Waals surface area contributed by atoms with Crippen molar-refractivity contribution in [3.05, 3.63) is 0 Å². The van der Waals surface area contributed by atoms with Crippen LogP contribution in [0.1, 0.15) is 60.8 Å². The van der Waals surface area contributed by atoms with E-state index >= 15 is 0 Å². The molecule has 4 atom stereocenters. The Morgan fingerprint density at radius 2 is 1.63 bits per heavy atom. The second-order valence-corrected chi connectivity index (χ2v) is 6.92. The van der Waals surface area contributed by atoms with Crippen LogP contribution in [0.25, 0.3) is 0 Å². The average Bonchev–Trinajstić information content (AvgIpc) is 2.32. The zero-order chi connectivity index (χ0) is 14.4. The van der Waals surface area contributed by atoms with E-state index in [1.165, 1.54) is 19.3 Å². The fourth-order valence-corrected chi connectivity index (χ4v) is 3.99. The lowest BCUT2D eigenvalue weighted by Crippen LogP contribution is -2.50. The van der Waals surface area contributed by atoms with Gasteiger partial charge in [0.1, 0.15) is 0 Å². The Labute approximate surface area is 120 Å². The summed E-state index contributed by atoms with van der Waals surface area (Å²) in [7, 11) is 0. The van der Waals surface area contributed by atoms with Crippen LogP contribution in [-0.4, -0.2) is 25.3 Å². The van der Waals surface area contributed by atoms with Gasteiger partial charge in [-0.25, -0.2) is 0 Å². The first-order chi connectivity index (χ1) is 8.99. The van der Waals surface area contributed by atoms with Crippen LogP contribution in [0.15, 0.2) is 0 Å². The van der Waals surface area contributed by atoms with Gasteiger partial charge in [-0.3, -0.25) is 0 Å². The Hall–Kier alpha value is -0.0800. The van der Waals surface area contributed by atoms with Crippen LogP contribution >= 0.6 is 0 Å². The van der Waals surface area contributed by atoms with Crippen LogP contribution < -0.4 is 5.32 Å². The minimum atomic E-state index is 0.354. The zero-order valence-corrected chi connectivity index (χ0v) is 13.9. The molecule has 0 heterocycles. The van der Waals surface area contributed by atoms with Crippen LogP contribution in [0.3, 0.4) is 0 Å².